The van der Waals surface area contributed by atoms with Gasteiger partial charge in [0.25, 0.3) is 0 Å². The Morgan fingerprint density at radius 1 is 1.38 bits per heavy atom. The second-order valence-electron chi connectivity index (χ2n) is 4.83. The van der Waals surface area contributed by atoms with Gasteiger partial charge in [0, 0.05) is 19.0 Å². The van der Waals surface area contributed by atoms with Crippen LogP contribution in [-0.4, -0.2) is 31.1 Å². The molecule has 0 unspecified atom stereocenters. The van der Waals surface area contributed by atoms with E-state index in [1.807, 2.05) is 0 Å². The molecular weight excluding hydrogens is 198 g/mol. The first-order valence-corrected chi connectivity index (χ1v) is 6.12. The molecule has 0 aliphatic carbocycles. The highest BCUT2D eigenvalue weighted by molar-refractivity contribution is 5.44. The fourth-order valence-corrected chi connectivity index (χ4v) is 2.04. The van der Waals surface area contributed by atoms with Gasteiger partial charge in [-0.1, -0.05) is 18.2 Å². The molecule has 0 spiro atoms. The highest BCUT2D eigenvalue weighted by Gasteiger charge is 2.15. The SMILES string of the molecule is CC(C)N(C)CCc1cccc2c1OCC2. The maximum absolute atomic E-state index is 5.70. The van der Waals surface area contributed by atoms with Gasteiger partial charge in [0.05, 0.1) is 6.61 Å². The minimum Gasteiger partial charge on any atom is -0.493 e. The van der Waals surface area contributed by atoms with Crippen LogP contribution in [0.15, 0.2) is 18.2 Å². The summed E-state index contributed by atoms with van der Waals surface area (Å²) in [5.41, 5.74) is 2.74. The number of para-hydroxylation sites is 1. The average molecular weight is 219 g/mol. The third-order valence-electron chi connectivity index (χ3n) is 3.41. The van der Waals surface area contributed by atoms with Gasteiger partial charge in [-0.05, 0) is 38.4 Å². The molecule has 1 aliphatic rings. The maximum Gasteiger partial charge on any atom is 0.125 e. The number of fused-ring (bicyclic) bond motifs is 1. The van der Waals surface area contributed by atoms with Crippen LogP contribution in [0.3, 0.4) is 0 Å². The third kappa shape index (κ3) is 2.38. The highest BCUT2D eigenvalue weighted by Crippen LogP contribution is 2.29. The van der Waals surface area contributed by atoms with E-state index in [1.54, 1.807) is 0 Å². The molecule has 16 heavy (non-hydrogen) atoms. The first kappa shape index (κ1) is 11.5. The van der Waals surface area contributed by atoms with Gasteiger partial charge in [-0.25, -0.2) is 0 Å². The lowest BCUT2D eigenvalue weighted by Crippen LogP contribution is -2.28. The predicted molar refractivity (Wildman–Crippen MR) is 67.1 cm³/mol. The molecule has 1 aromatic carbocycles. The lowest BCUT2D eigenvalue weighted by Gasteiger charge is -2.21. The number of hydrogen-bond donors (Lipinski definition) is 0. The van der Waals surface area contributed by atoms with Crippen LogP contribution in [0.5, 0.6) is 5.75 Å². The minimum absolute atomic E-state index is 0.609. The molecule has 0 aromatic heterocycles. The quantitative estimate of drug-likeness (QED) is 0.771. The molecular formula is C14H21NO. The van der Waals surface area contributed by atoms with Crippen molar-refractivity contribution in [2.24, 2.45) is 0 Å². The van der Waals surface area contributed by atoms with Crippen LogP contribution in [0.1, 0.15) is 25.0 Å². The van der Waals surface area contributed by atoms with Crippen molar-refractivity contribution >= 4 is 0 Å². The van der Waals surface area contributed by atoms with Crippen LogP contribution < -0.4 is 4.74 Å². The number of rotatable bonds is 4. The van der Waals surface area contributed by atoms with Crippen molar-refractivity contribution < 1.29 is 4.74 Å². The largest absolute Gasteiger partial charge is 0.493 e. The van der Waals surface area contributed by atoms with E-state index in [1.165, 1.54) is 11.1 Å². The van der Waals surface area contributed by atoms with Crippen molar-refractivity contribution in [1.29, 1.82) is 0 Å². The summed E-state index contributed by atoms with van der Waals surface area (Å²) >= 11 is 0. The van der Waals surface area contributed by atoms with Gasteiger partial charge in [-0.15, -0.1) is 0 Å². The Labute approximate surface area is 98.2 Å². The van der Waals surface area contributed by atoms with Gasteiger partial charge in [-0.2, -0.15) is 0 Å². The van der Waals surface area contributed by atoms with Gasteiger partial charge in [0.15, 0.2) is 0 Å². The van der Waals surface area contributed by atoms with Crippen molar-refractivity contribution in [3.8, 4) is 5.75 Å². The standard InChI is InChI=1S/C14H21NO/c1-11(2)15(3)9-7-12-5-4-6-13-8-10-16-14(12)13/h4-6,11H,7-10H2,1-3H3. The second-order valence-corrected chi connectivity index (χ2v) is 4.83. The fourth-order valence-electron chi connectivity index (χ4n) is 2.04. The monoisotopic (exact) mass is 219 g/mol. The first-order chi connectivity index (χ1) is 7.68. The predicted octanol–water partition coefficient (Wildman–Crippen LogP) is 2.50. The Morgan fingerprint density at radius 2 is 2.19 bits per heavy atom. The normalized spacial score (nSPS) is 14.3. The van der Waals surface area contributed by atoms with E-state index in [0.717, 1.165) is 31.7 Å². The summed E-state index contributed by atoms with van der Waals surface area (Å²) in [6.45, 7) is 6.40. The van der Waals surface area contributed by atoms with Crippen LogP contribution in [0.25, 0.3) is 0 Å². The average Bonchev–Trinajstić information content (AvgIpc) is 2.73. The summed E-state index contributed by atoms with van der Waals surface area (Å²) in [4.78, 5) is 2.37. The Morgan fingerprint density at radius 3 is 2.94 bits per heavy atom. The van der Waals surface area contributed by atoms with Crippen molar-refractivity contribution in [1.82, 2.24) is 4.90 Å². The number of nitrogens with zero attached hydrogens (tertiary/aromatic N) is 1. The van der Waals surface area contributed by atoms with Gasteiger partial charge in [-0.3, -0.25) is 0 Å². The molecule has 0 atom stereocenters. The summed E-state index contributed by atoms with van der Waals surface area (Å²) in [6.07, 6.45) is 2.15. The maximum atomic E-state index is 5.70. The topological polar surface area (TPSA) is 12.5 Å². The highest BCUT2D eigenvalue weighted by atomic mass is 16.5. The number of benzene rings is 1. The van der Waals surface area contributed by atoms with Crippen LogP contribution >= 0.6 is 0 Å². The van der Waals surface area contributed by atoms with E-state index in [9.17, 15) is 0 Å². The van der Waals surface area contributed by atoms with Gasteiger partial charge >= 0.3 is 0 Å². The molecule has 0 bridgehead atoms. The van der Waals surface area contributed by atoms with E-state index in [0.29, 0.717) is 6.04 Å². The zero-order valence-corrected chi connectivity index (χ0v) is 10.5. The Hall–Kier alpha value is -1.02. The van der Waals surface area contributed by atoms with Gasteiger partial charge in [0.1, 0.15) is 5.75 Å². The second kappa shape index (κ2) is 4.88. The van der Waals surface area contributed by atoms with Crippen molar-refractivity contribution in [2.45, 2.75) is 32.7 Å². The molecule has 0 radical (unpaired) electrons. The molecule has 1 aromatic rings. The van der Waals surface area contributed by atoms with Crippen molar-refractivity contribution in [3.63, 3.8) is 0 Å². The molecule has 0 N–H and O–H groups in total. The summed E-state index contributed by atoms with van der Waals surface area (Å²) in [5.74, 6) is 1.15. The van der Waals surface area contributed by atoms with E-state index in [4.69, 9.17) is 4.74 Å². The molecule has 88 valence electrons. The first-order valence-electron chi connectivity index (χ1n) is 6.12. The molecule has 0 fully saturated rings. The Kier molecular flexibility index (Phi) is 3.49. The van der Waals surface area contributed by atoms with Crippen LogP contribution in [0.4, 0.5) is 0 Å². The van der Waals surface area contributed by atoms with E-state index in [-0.39, 0.29) is 0 Å². The molecule has 1 aliphatic heterocycles. The number of ether oxygens (including phenoxy) is 1. The lowest BCUT2D eigenvalue weighted by molar-refractivity contribution is 0.275. The summed E-state index contributed by atoms with van der Waals surface area (Å²) in [6, 6.07) is 7.13. The Bertz CT molecular complexity index is 360. The zero-order chi connectivity index (χ0) is 11.5. The number of likely N-dealkylation sites (N-methyl/N-ethyl adjacent to an activating group) is 1. The van der Waals surface area contributed by atoms with Crippen LogP contribution in [0, 0.1) is 0 Å². The molecule has 0 amide bonds. The molecule has 0 saturated carbocycles. The summed E-state index contributed by atoms with van der Waals surface area (Å²) in [7, 11) is 2.18. The summed E-state index contributed by atoms with van der Waals surface area (Å²) < 4.78 is 5.70. The Balaban J connectivity index is 2.03. The van der Waals surface area contributed by atoms with Crippen molar-refractivity contribution in [2.75, 3.05) is 20.2 Å². The van der Waals surface area contributed by atoms with Crippen LogP contribution in [-0.2, 0) is 12.8 Å². The molecule has 2 rings (SSSR count). The van der Waals surface area contributed by atoms with E-state index >= 15 is 0 Å². The van der Waals surface area contributed by atoms with E-state index in [2.05, 4.69) is 44.0 Å². The van der Waals surface area contributed by atoms with Crippen LogP contribution in [0.2, 0.25) is 0 Å². The van der Waals surface area contributed by atoms with E-state index < -0.39 is 0 Å². The smallest absolute Gasteiger partial charge is 0.125 e. The molecule has 1 heterocycles. The van der Waals surface area contributed by atoms with Gasteiger partial charge in [0.2, 0.25) is 0 Å². The fraction of sp³-hybridized carbons (Fsp3) is 0.571. The zero-order valence-electron chi connectivity index (χ0n) is 10.5. The molecule has 2 nitrogen and oxygen atoms in total. The third-order valence-corrected chi connectivity index (χ3v) is 3.41. The molecule has 2 heteroatoms. The summed E-state index contributed by atoms with van der Waals surface area (Å²) in [5, 5.41) is 0. The minimum atomic E-state index is 0.609. The molecule has 0 saturated heterocycles. The van der Waals surface area contributed by atoms with Crippen molar-refractivity contribution in [3.05, 3.63) is 29.3 Å². The van der Waals surface area contributed by atoms with Gasteiger partial charge < -0.3 is 9.64 Å². The lowest BCUT2D eigenvalue weighted by atomic mass is 10.1. The number of hydrogen-bond acceptors (Lipinski definition) is 2.